The Morgan fingerprint density at radius 3 is 2.58 bits per heavy atom. The predicted octanol–water partition coefficient (Wildman–Crippen LogP) is 2.17. The smallest absolute Gasteiger partial charge is 0.253 e. The number of nitrogens with zero attached hydrogens (tertiary/aromatic N) is 2. The zero-order valence-corrected chi connectivity index (χ0v) is 18.5. The van der Waals surface area contributed by atoms with Crippen molar-refractivity contribution in [3.63, 3.8) is 0 Å². The maximum absolute atomic E-state index is 13.2. The zero-order chi connectivity index (χ0) is 22.2. The van der Waals surface area contributed by atoms with Crippen molar-refractivity contribution in [2.24, 2.45) is 5.92 Å². The van der Waals surface area contributed by atoms with Crippen molar-refractivity contribution in [1.82, 2.24) is 15.1 Å². The second kappa shape index (κ2) is 8.40. The number of hydrogen-bond donors (Lipinski definition) is 1. The lowest BCUT2D eigenvalue weighted by molar-refractivity contribution is -0.161. The minimum absolute atomic E-state index is 0.00528. The summed E-state index contributed by atoms with van der Waals surface area (Å²) in [5.74, 6) is 1.34. The number of benzene rings is 1. The lowest BCUT2D eigenvalue weighted by atomic mass is 9.80. The third-order valence-electron chi connectivity index (χ3n) is 6.46. The number of amides is 3. The molecule has 0 saturated carbocycles. The van der Waals surface area contributed by atoms with Crippen molar-refractivity contribution in [2.75, 3.05) is 26.4 Å². The Balaban J connectivity index is 1.49. The number of likely N-dealkylation sites (tertiary alicyclic amines) is 1. The first-order valence-corrected chi connectivity index (χ1v) is 11.2. The molecule has 4 rings (SSSR count). The van der Waals surface area contributed by atoms with Crippen LogP contribution in [0.3, 0.4) is 0 Å². The average molecular weight is 430 g/mol. The third-order valence-corrected chi connectivity index (χ3v) is 6.46. The van der Waals surface area contributed by atoms with E-state index in [1.807, 2.05) is 20.8 Å². The van der Waals surface area contributed by atoms with Gasteiger partial charge in [0.1, 0.15) is 11.6 Å². The number of carbonyl (C=O) groups is 3. The van der Waals surface area contributed by atoms with Gasteiger partial charge in [-0.3, -0.25) is 14.4 Å². The molecule has 1 aromatic carbocycles. The first-order chi connectivity index (χ1) is 14.9. The van der Waals surface area contributed by atoms with E-state index in [1.165, 1.54) is 0 Å². The molecule has 1 unspecified atom stereocenters. The summed E-state index contributed by atoms with van der Waals surface area (Å²) in [5.41, 5.74) is -0.335. The Morgan fingerprint density at radius 2 is 1.90 bits per heavy atom. The van der Waals surface area contributed by atoms with Crippen LogP contribution < -0.4 is 14.8 Å². The quantitative estimate of drug-likeness (QED) is 0.775. The van der Waals surface area contributed by atoms with E-state index in [9.17, 15) is 14.4 Å². The molecule has 3 heterocycles. The first-order valence-electron chi connectivity index (χ1n) is 11.2. The molecule has 31 heavy (non-hydrogen) atoms. The number of carbonyl (C=O) groups excluding carboxylic acids is 3. The highest BCUT2D eigenvalue weighted by Crippen LogP contribution is 2.36. The summed E-state index contributed by atoms with van der Waals surface area (Å²) in [6.45, 7) is 7.67. The fraction of sp³-hybridized carbons (Fsp3) is 0.609. The van der Waals surface area contributed by atoms with Gasteiger partial charge >= 0.3 is 0 Å². The summed E-state index contributed by atoms with van der Waals surface area (Å²) < 4.78 is 10.7. The van der Waals surface area contributed by atoms with Crippen molar-refractivity contribution in [3.8, 4) is 11.5 Å². The van der Waals surface area contributed by atoms with E-state index in [0.29, 0.717) is 61.9 Å². The largest absolute Gasteiger partial charge is 0.454 e. The van der Waals surface area contributed by atoms with Gasteiger partial charge in [-0.25, -0.2) is 0 Å². The van der Waals surface area contributed by atoms with Gasteiger partial charge in [-0.15, -0.1) is 0 Å². The molecule has 2 fully saturated rings. The molecule has 0 bridgehead atoms. The molecule has 3 aliphatic heterocycles. The van der Waals surface area contributed by atoms with Gasteiger partial charge in [0.25, 0.3) is 5.91 Å². The normalized spacial score (nSPS) is 22.3. The van der Waals surface area contributed by atoms with Gasteiger partial charge in [0.15, 0.2) is 11.5 Å². The van der Waals surface area contributed by atoms with Gasteiger partial charge in [0.2, 0.25) is 18.6 Å². The zero-order valence-electron chi connectivity index (χ0n) is 18.5. The Morgan fingerprint density at radius 1 is 1.19 bits per heavy atom. The van der Waals surface area contributed by atoms with Crippen LogP contribution in [0.1, 0.15) is 56.8 Å². The molecule has 1 aromatic rings. The second-order valence-electron chi connectivity index (χ2n) is 9.04. The minimum Gasteiger partial charge on any atom is -0.454 e. The highest BCUT2D eigenvalue weighted by molar-refractivity contribution is 6.00. The van der Waals surface area contributed by atoms with Crippen molar-refractivity contribution in [2.45, 2.75) is 58.0 Å². The van der Waals surface area contributed by atoms with Crippen molar-refractivity contribution >= 4 is 17.7 Å². The summed E-state index contributed by atoms with van der Waals surface area (Å²) in [6.07, 6.45) is 2.30. The van der Waals surface area contributed by atoms with Gasteiger partial charge in [0.05, 0.1) is 0 Å². The highest BCUT2D eigenvalue weighted by atomic mass is 16.7. The van der Waals surface area contributed by atoms with Crippen LogP contribution in [0, 0.1) is 5.92 Å². The summed E-state index contributed by atoms with van der Waals surface area (Å²) in [7, 11) is 0. The molecule has 8 nitrogen and oxygen atoms in total. The second-order valence-corrected chi connectivity index (χ2v) is 9.04. The minimum atomic E-state index is -0.869. The van der Waals surface area contributed by atoms with Crippen LogP contribution in [0.15, 0.2) is 18.2 Å². The Bertz CT molecular complexity index is 876. The van der Waals surface area contributed by atoms with E-state index in [-0.39, 0.29) is 24.5 Å². The van der Waals surface area contributed by atoms with Crippen LogP contribution in [0.4, 0.5) is 0 Å². The van der Waals surface area contributed by atoms with Gasteiger partial charge in [-0.1, -0.05) is 20.8 Å². The predicted molar refractivity (Wildman–Crippen MR) is 114 cm³/mol. The van der Waals surface area contributed by atoms with Crippen LogP contribution >= 0.6 is 0 Å². The van der Waals surface area contributed by atoms with Gasteiger partial charge in [-0.2, -0.15) is 0 Å². The number of nitrogens with one attached hydrogen (secondary N) is 1. The van der Waals surface area contributed by atoms with Crippen LogP contribution in [0.5, 0.6) is 11.5 Å². The number of piperidine rings is 1. The SMILES string of the molecule is CCCN1C(=O)C(CC(C)C)NC(=O)C12CCN(C(=O)c1ccc3c(c1)OCO3)CC2. The Hall–Kier alpha value is -2.77. The summed E-state index contributed by atoms with van der Waals surface area (Å²) in [4.78, 5) is 43.0. The lowest BCUT2D eigenvalue weighted by Crippen LogP contribution is -2.73. The number of fused-ring (bicyclic) bond motifs is 1. The van der Waals surface area contributed by atoms with Gasteiger partial charge in [0, 0.05) is 25.2 Å². The van der Waals surface area contributed by atoms with Crippen LogP contribution in [-0.4, -0.2) is 65.5 Å². The van der Waals surface area contributed by atoms with E-state index in [2.05, 4.69) is 5.32 Å². The Kier molecular flexibility index (Phi) is 5.81. The molecule has 3 amide bonds. The van der Waals surface area contributed by atoms with E-state index < -0.39 is 11.6 Å². The molecule has 168 valence electrons. The van der Waals surface area contributed by atoms with Crippen molar-refractivity contribution in [3.05, 3.63) is 23.8 Å². The third kappa shape index (κ3) is 3.83. The summed E-state index contributed by atoms with van der Waals surface area (Å²) in [6, 6.07) is 4.72. The number of rotatable bonds is 5. The van der Waals surface area contributed by atoms with Crippen LogP contribution in [0.2, 0.25) is 0 Å². The molecule has 3 aliphatic rings. The van der Waals surface area contributed by atoms with Crippen molar-refractivity contribution in [1.29, 1.82) is 0 Å². The standard InChI is InChI=1S/C23H31N3O5/c1-4-9-26-21(28)17(12-15(2)3)24-22(29)23(26)7-10-25(11-8-23)20(27)16-5-6-18-19(13-16)31-14-30-18/h5-6,13,15,17H,4,7-12,14H2,1-3H3,(H,24,29). The number of hydrogen-bond acceptors (Lipinski definition) is 5. The average Bonchev–Trinajstić information content (AvgIpc) is 3.23. The fourth-order valence-corrected chi connectivity index (χ4v) is 4.84. The maximum Gasteiger partial charge on any atom is 0.253 e. The van der Waals surface area contributed by atoms with Gasteiger partial charge in [-0.05, 0) is 49.8 Å². The first kappa shape index (κ1) is 21.5. The molecule has 0 aromatic heterocycles. The molecular weight excluding hydrogens is 398 g/mol. The summed E-state index contributed by atoms with van der Waals surface area (Å²) >= 11 is 0. The maximum atomic E-state index is 13.2. The van der Waals surface area contributed by atoms with Crippen molar-refractivity contribution < 1.29 is 23.9 Å². The molecular formula is C23H31N3O5. The molecule has 8 heteroatoms. The lowest BCUT2D eigenvalue weighted by Gasteiger charge is -2.51. The summed E-state index contributed by atoms with van der Waals surface area (Å²) in [5, 5.41) is 2.99. The monoisotopic (exact) mass is 429 g/mol. The van der Waals surface area contributed by atoms with Gasteiger partial charge < -0.3 is 24.6 Å². The van der Waals surface area contributed by atoms with Crippen LogP contribution in [0.25, 0.3) is 0 Å². The topological polar surface area (TPSA) is 88.2 Å². The fourth-order valence-electron chi connectivity index (χ4n) is 4.84. The molecule has 1 atom stereocenters. The van der Waals surface area contributed by atoms with E-state index >= 15 is 0 Å². The Labute approximate surface area is 182 Å². The molecule has 0 radical (unpaired) electrons. The van der Waals surface area contributed by atoms with Crippen LogP contribution in [-0.2, 0) is 9.59 Å². The molecule has 1 N–H and O–H groups in total. The van der Waals surface area contributed by atoms with E-state index in [4.69, 9.17) is 9.47 Å². The number of ether oxygens (including phenoxy) is 2. The molecule has 1 spiro atoms. The number of piperazine rings is 1. The highest BCUT2D eigenvalue weighted by Gasteiger charge is 2.53. The molecule has 2 saturated heterocycles. The molecule has 0 aliphatic carbocycles. The van der Waals surface area contributed by atoms with E-state index in [0.717, 1.165) is 6.42 Å². The van der Waals surface area contributed by atoms with E-state index in [1.54, 1.807) is 28.0 Å².